The molecule has 3 rings (SSSR count). The highest BCUT2D eigenvalue weighted by atomic mass is 32.2. The monoisotopic (exact) mass is 494 g/mol. The van der Waals surface area contributed by atoms with E-state index in [0.29, 0.717) is 38.7 Å². The third kappa shape index (κ3) is 6.22. The van der Waals surface area contributed by atoms with Gasteiger partial charge in [0.1, 0.15) is 12.0 Å². The number of nitro groups is 2. The molecule has 1 aromatic carbocycles. The van der Waals surface area contributed by atoms with Gasteiger partial charge in [-0.3, -0.25) is 25.1 Å². The van der Waals surface area contributed by atoms with Gasteiger partial charge in [-0.25, -0.2) is 13.4 Å². The van der Waals surface area contributed by atoms with E-state index in [0.717, 1.165) is 6.20 Å². The van der Waals surface area contributed by atoms with E-state index in [4.69, 9.17) is 4.74 Å². The molecule has 184 valence electrons. The number of ether oxygens (including phenoxy) is 1. The summed E-state index contributed by atoms with van der Waals surface area (Å²) in [5.41, 5.74) is -0.632. The maximum absolute atomic E-state index is 13.5. The van der Waals surface area contributed by atoms with Gasteiger partial charge in [-0.2, -0.15) is 4.31 Å². The summed E-state index contributed by atoms with van der Waals surface area (Å²) >= 11 is 0. The standard InChI is InChI=1S/C20H26N6O7S/c1-22(20-7-6-17(16-21-20)25(27)28)8-10-24(11-9-23-12-14-33-15-13-23)34(31,32)19-5-3-2-4-18(19)26(29)30/h2-7,16H,8-15H2,1H3. The first-order chi connectivity index (χ1) is 16.2. The lowest BCUT2D eigenvalue weighted by atomic mass is 10.3. The molecule has 14 heteroatoms. The van der Waals surface area contributed by atoms with Crippen LogP contribution in [-0.4, -0.2) is 92.0 Å². The minimum atomic E-state index is -4.18. The number of hydrogen-bond acceptors (Lipinski definition) is 10. The first kappa shape index (κ1) is 25.4. The van der Waals surface area contributed by atoms with E-state index in [1.807, 2.05) is 0 Å². The summed E-state index contributed by atoms with van der Waals surface area (Å²) in [6.45, 7) is 3.30. The fraction of sp³-hybridized carbons (Fsp3) is 0.450. The lowest BCUT2D eigenvalue weighted by molar-refractivity contribution is -0.387. The Morgan fingerprint density at radius 1 is 1.03 bits per heavy atom. The van der Waals surface area contributed by atoms with Crippen LogP contribution in [0.25, 0.3) is 0 Å². The normalized spacial score (nSPS) is 14.8. The molecule has 2 heterocycles. The first-order valence-corrected chi connectivity index (χ1v) is 12.0. The van der Waals surface area contributed by atoms with E-state index >= 15 is 0 Å². The number of likely N-dealkylation sites (N-methyl/N-ethyl adjacent to an activating group) is 1. The summed E-state index contributed by atoms with van der Waals surface area (Å²) < 4.78 is 33.5. The molecule has 34 heavy (non-hydrogen) atoms. The second-order valence-electron chi connectivity index (χ2n) is 7.64. The van der Waals surface area contributed by atoms with Crippen molar-refractivity contribution in [3.8, 4) is 0 Å². The number of rotatable bonds is 11. The summed E-state index contributed by atoms with van der Waals surface area (Å²) in [5.74, 6) is 0.432. The Morgan fingerprint density at radius 3 is 2.35 bits per heavy atom. The third-order valence-corrected chi connectivity index (χ3v) is 7.41. The molecule has 13 nitrogen and oxygen atoms in total. The van der Waals surface area contributed by atoms with Gasteiger partial charge in [0, 0.05) is 58.4 Å². The Hall–Kier alpha value is -3.20. The molecule has 1 aromatic heterocycles. The van der Waals surface area contributed by atoms with Crippen molar-refractivity contribution >= 4 is 27.2 Å². The van der Waals surface area contributed by atoms with Gasteiger partial charge in [0.2, 0.25) is 10.0 Å². The van der Waals surface area contributed by atoms with Gasteiger partial charge in [-0.05, 0) is 12.1 Å². The van der Waals surface area contributed by atoms with Crippen LogP contribution in [0.1, 0.15) is 0 Å². The predicted molar refractivity (Wildman–Crippen MR) is 123 cm³/mol. The van der Waals surface area contributed by atoms with Gasteiger partial charge in [-0.15, -0.1) is 0 Å². The molecule has 1 aliphatic rings. The van der Waals surface area contributed by atoms with Crippen LogP contribution in [0.5, 0.6) is 0 Å². The number of morpholine rings is 1. The number of anilines is 1. The zero-order valence-corrected chi connectivity index (χ0v) is 19.5. The highest BCUT2D eigenvalue weighted by Crippen LogP contribution is 2.26. The molecule has 0 bridgehead atoms. The van der Waals surface area contributed by atoms with Crippen LogP contribution >= 0.6 is 0 Å². The van der Waals surface area contributed by atoms with E-state index in [-0.39, 0.29) is 30.2 Å². The Balaban J connectivity index is 1.80. The van der Waals surface area contributed by atoms with Crippen LogP contribution in [0.4, 0.5) is 17.2 Å². The van der Waals surface area contributed by atoms with Gasteiger partial charge >= 0.3 is 0 Å². The molecular formula is C20H26N6O7S. The fourth-order valence-corrected chi connectivity index (χ4v) is 5.06. The third-order valence-electron chi connectivity index (χ3n) is 5.47. The average Bonchev–Trinajstić information content (AvgIpc) is 2.84. The second kappa shape index (κ2) is 11.3. The Kier molecular flexibility index (Phi) is 8.44. The van der Waals surface area contributed by atoms with Gasteiger partial charge in [-0.1, -0.05) is 12.1 Å². The van der Waals surface area contributed by atoms with Crippen LogP contribution in [0.15, 0.2) is 47.5 Å². The van der Waals surface area contributed by atoms with Crippen molar-refractivity contribution in [2.75, 3.05) is 64.4 Å². The molecule has 1 saturated heterocycles. The summed E-state index contributed by atoms with van der Waals surface area (Å²) in [4.78, 5) is 28.5. The molecule has 0 N–H and O–H groups in total. The molecule has 1 fully saturated rings. The lowest BCUT2D eigenvalue weighted by Gasteiger charge is -2.30. The quantitative estimate of drug-likeness (QED) is 0.330. The molecule has 0 aliphatic carbocycles. The highest BCUT2D eigenvalue weighted by Gasteiger charge is 2.31. The molecule has 0 radical (unpaired) electrons. The molecule has 0 amide bonds. The smallest absolute Gasteiger partial charge is 0.289 e. The molecule has 0 atom stereocenters. The molecule has 0 unspecified atom stereocenters. The molecular weight excluding hydrogens is 468 g/mol. The topological polar surface area (TPSA) is 152 Å². The maximum Gasteiger partial charge on any atom is 0.289 e. The van der Waals surface area contributed by atoms with Crippen molar-refractivity contribution in [1.82, 2.24) is 14.2 Å². The van der Waals surface area contributed by atoms with Gasteiger partial charge in [0.05, 0.1) is 23.1 Å². The number of hydrogen-bond donors (Lipinski definition) is 0. The number of nitrogens with zero attached hydrogens (tertiary/aromatic N) is 6. The Morgan fingerprint density at radius 2 is 1.74 bits per heavy atom. The summed E-state index contributed by atoms with van der Waals surface area (Å²) in [7, 11) is -2.49. The number of benzene rings is 1. The van der Waals surface area contributed by atoms with Gasteiger partial charge in [0.15, 0.2) is 4.90 Å². The van der Waals surface area contributed by atoms with Crippen molar-refractivity contribution in [1.29, 1.82) is 0 Å². The minimum Gasteiger partial charge on any atom is -0.379 e. The van der Waals surface area contributed by atoms with Crippen LogP contribution < -0.4 is 4.90 Å². The number of sulfonamides is 1. The maximum atomic E-state index is 13.5. The van der Waals surface area contributed by atoms with Crippen LogP contribution in [0, 0.1) is 20.2 Å². The number of pyridine rings is 1. The van der Waals surface area contributed by atoms with E-state index in [1.54, 1.807) is 11.9 Å². The van der Waals surface area contributed by atoms with E-state index in [1.165, 1.54) is 40.7 Å². The predicted octanol–water partition coefficient (Wildman–Crippen LogP) is 1.36. The van der Waals surface area contributed by atoms with Crippen LogP contribution in [0.2, 0.25) is 0 Å². The summed E-state index contributed by atoms with van der Waals surface area (Å²) in [6.07, 6.45) is 1.13. The lowest BCUT2D eigenvalue weighted by Crippen LogP contribution is -2.45. The molecule has 1 aliphatic heterocycles. The van der Waals surface area contributed by atoms with Gasteiger partial charge in [0.25, 0.3) is 11.4 Å². The van der Waals surface area contributed by atoms with E-state index in [2.05, 4.69) is 9.88 Å². The molecule has 2 aromatic rings. The largest absolute Gasteiger partial charge is 0.379 e. The van der Waals surface area contributed by atoms with Crippen molar-refractivity contribution < 1.29 is 23.0 Å². The van der Waals surface area contributed by atoms with E-state index in [9.17, 15) is 28.6 Å². The molecule has 0 saturated carbocycles. The zero-order chi connectivity index (χ0) is 24.7. The number of aromatic nitrogens is 1. The average molecular weight is 495 g/mol. The van der Waals surface area contributed by atoms with Crippen molar-refractivity contribution in [3.05, 3.63) is 62.8 Å². The number of nitro benzene ring substituents is 1. The second-order valence-corrected chi connectivity index (χ2v) is 9.54. The number of para-hydroxylation sites is 1. The fourth-order valence-electron chi connectivity index (χ4n) is 3.48. The highest BCUT2D eigenvalue weighted by molar-refractivity contribution is 7.89. The zero-order valence-electron chi connectivity index (χ0n) is 18.6. The van der Waals surface area contributed by atoms with Crippen LogP contribution in [0.3, 0.4) is 0 Å². The Bertz CT molecular complexity index is 1110. The SMILES string of the molecule is CN(CCN(CCN1CCOCC1)S(=O)(=O)c1ccccc1[N+](=O)[O-])c1ccc([N+](=O)[O-])cn1. The Labute approximate surface area is 196 Å². The minimum absolute atomic E-state index is 0.0356. The van der Waals surface area contributed by atoms with Crippen LogP contribution in [-0.2, 0) is 14.8 Å². The molecule has 0 spiro atoms. The van der Waals surface area contributed by atoms with Crippen molar-refractivity contribution in [2.45, 2.75) is 4.90 Å². The van der Waals surface area contributed by atoms with Gasteiger partial charge < -0.3 is 9.64 Å². The van der Waals surface area contributed by atoms with E-state index < -0.39 is 25.6 Å². The summed E-state index contributed by atoms with van der Waals surface area (Å²) in [5, 5.41) is 22.3. The summed E-state index contributed by atoms with van der Waals surface area (Å²) in [6, 6.07) is 8.07. The van der Waals surface area contributed by atoms with Crippen molar-refractivity contribution in [2.24, 2.45) is 0 Å². The first-order valence-electron chi connectivity index (χ1n) is 10.6. The van der Waals surface area contributed by atoms with Crippen molar-refractivity contribution in [3.63, 3.8) is 0 Å².